The maximum atomic E-state index is 14.0. The number of hydrogen-bond donors (Lipinski definition) is 1. The van der Waals surface area contributed by atoms with Crippen molar-refractivity contribution >= 4 is 5.82 Å². The molecule has 0 aromatic carbocycles. The molecular formula is C14H21FN4. The van der Waals surface area contributed by atoms with E-state index in [4.69, 9.17) is 0 Å². The van der Waals surface area contributed by atoms with Crippen LogP contribution in [0, 0.1) is 5.82 Å². The first kappa shape index (κ1) is 12.8. The molecule has 0 unspecified atom stereocenters. The van der Waals surface area contributed by atoms with Gasteiger partial charge in [0.25, 0.3) is 0 Å². The van der Waals surface area contributed by atoms with E-state index in [0.717, 1.165) is 32.0 Å². The van der Waals surface area contributed by atoms with Crippen molar-refractivity contribution in [2.45, 2.75) is 51.1 Å². The third kappa shape index (κ3) is 2.86. The number of nitrogens with one attached hydrogen (secondary N) is 1. The molecule has 1 aromatic rings. The van der Waals surface area contributed by atoms with E-state index in [-0.39, 0.29) is 5.82 Å². The summed E-state index contributed by atoms with van der Waals surface area (Å²) in [5, 5.41) is 3.25. The molecule has 0 bridgehead atoms. The first-order valence-electron chi connectivity index (χ1n) is 7.28. The number of hydrogen-bond acceptors (Lipinski definition) is 4. The van der Waals surface area contributed by atoms with Crippen LogP contribution in [0.4, 0.5) is 10.2 Å². The first-order valence-corrected chi connectivity index (χ1v) is 7.28. The second-order valence-corrected chi connectivity index (χ2v) is 5.52. The molecule has 1 aliphatic heterocycles. The molecule has 19 heavy (non-hydrogen) atoms. The third-order valence-electron chi connectivity index (χ3n) is 4.13. The van der Waals surface area contributed by atoms with E-state index in [2.05, 4.69) is 20.2 Å². The monoisotopic (exact) mass is 264 g/mol. The normalized spacial score (nSPS) is 21.6. The van der Waals surface area contributed by atoms with Crippen molar-refractivity contribution < 1.29 is 4.39 Å². The summed E-state index contributed by atoms with van der Waals surface area (Å²) in [4.78, 5) is 10.6. The molecule has 1 aliphatic carbocycles. The lowest BCUT2D eigenvalue weighted by Crippen LogP contribution is -2.40. The maximum Gasteiger partial charge on any atom is 0.186 e. The van der Waals surface area contributed by atoms with Crippen LogP contribution < -0.4 is 5.32 Å². The van der Waals surface area contributed by atoms with Gasteiger partial charge in [-0.25, -0.2) is 14.4 Å². The number of rotatable bonds is 4. The van der Waals surface area contributed by atoms with Crippen molar-refractivity contribution in [3.8, 4) is 0 Å². The van der Waals surface area contributed by atoms with E-state index in [9.17, 15) is 4.39 Å². The van der Waals surface area contributed by atoms with Gasteiger partial charge in [0.15, 0.2) is 11.6 Å². The second kappa shape index (κ2) is 5.41. The summed E-state index contributed by atoms with van der Waals surface area (Å²) in [7, 11) is 0. The molecular weight excluding hydrogens is 243 g/mol. The fraction of sp³-hybridized carbons (Fsp3) is 0.714. The van der Waals surface area contributed by atoms with Gasteiger partial charge in [-0.05, 0) is 32.1 Å². The number of likely N-dealkylation sites (tertiary alicyclic amines) is 1. The van der Waals surface area contributed by atoms with E-state index >= 15 is 0 Å². The van der Waals surface area contributed by atoms with Crippen LogP contribution in [0.15, 0.2) is 6.33 Å². The Labute approximate surface area is 113 Å². The molecule has 5 heteroatoms. The van der Waals surface area contributed by atoms with E-state index in [0.29, 0.717) is 24.0 Å². The molecule has 0 radical (unpaired) electrons. The molecule has 3 rings (SSSR count). The van der Waals surface area contributed by atoms with Crippen LogP contribution in [0.25, 0.3) is 0 Å². The molecule has 1 saturated carbocycles. The van der Waals surface area contributed by atoms with Crippen LogP contribution in [0.5, 0.6) is 0 Å². The lowest BCUT2D eigenvalue weighted by molar-refractivity contribution is 0.209. The standard InChI is InChI=1S/C14H21FN4/c1-2-12-13(15)14(17-9-16-12)18-10-5-7-19(8-6-10)11-3-4-11/h9-11H,2-8H2,1H3,(H,16,17,18). The number of aromatic nitrogens is 2. The van der Waals surface area contributed by atoms with Crippen molar-refractivity contribution in [1.29, 1.82) is 0 Å². The Morgan fingerprint density at radius 1 is 1.26 bits per heavy atom. The quantitative estimate of drug-likeness (QED) is 0.905. The van der Waals surface area contributed by atoms with E-state index in [1.54, 1.807) is 0 Å². The lowest BCUT2D eigenvalue weighted by atomic mass is 10.0. The number of aryl methyl sites for hydroxylation is 1. The molecule has 104 valence electrons. The van der Waals surface area contributed by atoms with Crippen LogP contribution in [0.1, 0.15) is 38.3 Å². The highest BCUT2D eigenvalue weighted by molar-refractivity contribution is 5.38. The molecule has 2 heterocycles. The van der Waals surface area contributed by atoms with Gasteiger partial charge in [-0.2, -0.15) is 0 Å². The predicted octanol–water partition coefficient (Wildman–Crippen LogP) is 2.22. The Morgan fingerprint density at radius 2 is 2.00 bits per heavy atom. The fourth-order valence-electron chi connectivity index (χ4n) is 2.80. The molecule has 1 aromatic heterocycles. The Hall–Kier alpha value is -1.23. The zero-order valence-corrected chi connectivity index (χ0v) is 11.4. The molecule has 0 spiro atoms. The number of anilines is 1. The molecule has 1 N–H and O–H groups in total. The fourth-order valence-corrected chi connectivity index (χ4v) is 2.80. The van der Waals surface area contributed by atoms with Gasteiger partial charge < -0.3 is 10.2 Å². The highest BCUT2D eigenvalue weighted by atomic mass is 19.1. The van der Waals surface area contributed by atoms with Gasteiger partial charge in [-0.15, -0.1) is 0 Å². The highest BCUT2D eigenvalue weighted by Gasteiger charge is 2.32. The van der Waals surface area contributed by atoms with Crippen LogP contribution in [-0.2, 0) is 6.42 Å². The van der Waals surface area contributed by atoms with Gasteiger partial charge in [0.1, 0.15) is 6.33 Å². The molecule has 4 nitrogen and oxygen atoms in total. The third-order valence-corrected chi connectivity index (χ3v) is 4.13. The number of nitrogens with zero attached hydrogens (tertiary/aromatic N) is 3. The van der Waals surface area contributed by atoms with E-state index in [1.165, 1.54) is 19.2 Å². The summed E-state index contributed by atoms with van der Waals surface area (Å²) in [6, 6.07) is 1.17. The minimum absolute atomic E-state index is 0.283. The summed E-state index contributed by atoms with van der Waals surface area (Å²) in [6.07, 6.45) is 6.91. The van der Waals surface area contributed by atoms with Gasteiger partial charge in [0.05, 0.1) is 5.69 Å². The predicted molar refractivity (Wildman–Crippen MR) is 72.6 cm³/mol. The second-order valence-electron chi connectivity index (χ2n) is 5.52. The van der Waals surface area contributed by atoms with Gasteiger partial charge in [-0.1, -0.05) is 6.92 Å². The van der Waals surface area contributed by atoms with Gasteiger partial charge in [0, 0.05) is 25.2 Å². The van der Waals surface area contributed by atoms with Crippen LogP contribution in [0.2, 0.25) is 0 Å². The molecule has 0 atom stereocenters. The number of piperidine rings is 1. The molecule has 2 aliphatic rings. The van der Waals surface area contributed by atoms with E-state index in [1.807, 2.05) is 6.92 Å². The van der Waals surface area contributed by atoms with Crippen LogP contribution >= 0.6 is 0 Å². The van der Waals surface area contributed by atoms with Crippen molar-refractivity contribution in [3.05, 3.63) is 17.8 Å². The van der Waals surface area contributed by atoms with Crippen molar-refractivity contribution in [2.24, 2.45) is 0 Å². The smallest absolute Gasteiger partial charge is 0.186 e. The Balaban J connectivity index is 1.59. The van der Waals surface area contributed by atoms with Crippen molar-refractivity contribution in [3.63, 3.8) is 0 Å². The summed E-state index contributed by atoms with van der Waals surface area (Å²) < 4.78 is 14.0. The van der Waals surface area contributed by atoms with Crippen molar-refractivity contribution in [2.75, 3.05) is 18.4 Å². The Kier molecular flexibility index (Phi) is 3.64. The molecule has 2 fully saturated rings. The minimum Gasteiger partial charge on any atom is -0.365 e. The maximum absolute atomic E-state index is 14.0. The summed E-state index contributed by atoms with van der Waals surface area (Å²) in [5.41, 5.74) is 0.493. The largest absolute Gasteiger partial charge is 0.365 e. The Morgan fingerprint density at radius 3 is 2.63 bits per heavy atom. The van der Waals surface area contributed by atoms with Gasteiger partial charge in [0.2, 0.25) is 0 Å². The summed E-state index contributed by atoms with van der Waals surface area (Å²) in [5.74, 6) is 0.0892. The van der Waals surface area contributed by atoms with Crippen LogP contribution in [-0.4, -0.2) is 40.0 Å². The Bertz CT molecular complexity index is 439. The number of halogens is 1. The zero-order valence-electron chi connectivity index (χ0n) is 11.4. The minimum atomic E-state index is -0.283. The summed E-state index contributed by atoms with van der Waals surface area (Å²) >= 11 is 0. The average Bonchev–Trinajstić information content (AvgIpc) is 3.26. The summed E-state index contributed by atoms with van der Waals surface area (Å²) in [6.45, 7) is 4.15. The van der Waals surface area contributed by atoms with Gasteiger partial charge >= 0.3 is 0 Å². The molecule has 0 amide bonds. The van der Waals surface area contributed by atoms with Gasteiger partial charge in [-0.3, -0.25) is 0 Å². The first-order chi connectivity index (χ1) is 9.28. The van der Waals surface area contributed by atoms with Crippen molar-refractivity contribution in [1.82, 2.24) is 14.9 Å². The topological polar surface area (TPSA) is 41.1 Å². The van der Waals surface area contributed by atoms with Crippen LogP contribution in [0.3, 0.4) is 0 Å². The highest BCUT2D eigenvalue weighted by Crippen LogP contribution is 2.30. The van der Waals surface area contributed by atoms with E-state index < -0.39 is 0 Å². The average molecular weight is 264 g/mol. The lowest BCUT2D eigenvalue weighted by Gasteiger charge is -2.32. The molecule has 1 saturated heterocycles. The zero-order chi connectivity index (χ0) is 13.2. The SMILES string of the molecule is CCc1ncnc(NC2CCN(C3CC3)CC2)c1F.